The highest BCUT2D eigenvalue weighted by Crippen LogP contribution is 2.32. The van der Waals surface area contributed by atoms with Crippen LogP contribution in [0.15, 0.2) is 53.6 Å². The van der Waals surface area contributed by atoms with E-state index in [1.807, 2.05) is 6.92 Å². The monoisotopic (exact) mass is 336 g/mol. The number of rotatable bonds is 5. The largest absolute Gasteiger partial charge is 0.478 e. The minimum absolute atomic E-state index is 0.245. The normalized spacial score (nSPS) is 15.8. The minimum atomic E-state index is -0.942. The average molecular weight is 336 g/mol. The highest BCUT2D eigenvalue weighted by molar-refractivity contribution is 5.99. The van der Waals surface area contributed by atoms with E-state index in [1.165, 1.54) is 37.7 Å². The van der Waals surface area contributed by atoms with Crippen molar-refractivity contribution >= 4 is 17.4 Å². The molecule has 1 aliphatic rings. The molecule has 0 spiro atoms. The highest BCUT2D eigenvalue weighted by atomic mass is 16.4. The van der Waals surface area contributed by atoms with Gasteiger partial charge in [0, 0.05) is 0 Å². The van der Waals surface area contributed by atoms with Crippen molar-refractivity contribution in [2.45, 2.75) is 44.9 Å². The van der Waals surface area contributed by atoms with E-state index in [-0.39, 0.29) is 5.56 Å². The third-order valence-electron chi connectivity index (χ3n) is 4.87. The number of nitrogens with zero attached hydrogens (tertiary/aromatic N) is 1. The number of anilines is 1. The predicted octanol–water partition coefficient (Wildman–Crippen LogP) is 5.27. The molecule has 0 saturated heterocycles. The highest BCUT2D eigenvalue weighted by Gasteiger charge is 2.15. The van der Waals surface area contributed by atoms with E-state index in [9.17, 15) is 4.79 Å². The lowest BCUT2D eigenvalue weighted by atomic mass is 9.84. The number of carboxylic acids is 1. The van der Waals surface area contributed by atoms with Gasteiger partial charge in [-0.15, -0.1) is 0 Å². The summed E-state index contributed by atoms with van der Waals surface area (Å²) in [7, 11) is 0. The number of carboxylic acid groups (broad SMARTS) is 1. The molecule has 0 heterocycles. The molecule has 0 radical (unpaired) electrons. The van der Waals surface area contributed by atoms with Crippen molar-refractivity contribution in [3.8, 4) is 0 Å². The van der Waals surface area contributed by atoms with E-state index in [1.54, 1.807) is 24.3 Å². The van der Waals surface area contributed by atoms with Gasteiger partial charge in [0.1, 0.15) is 0 Å². The molecule has 1 saturated carbocycles. The molecule has 3 rings (SSSR count). The first-order valence-electron chi connectivity index (χ1n) is 8.87. The summed E-state index contributed by atoms with van der Waals surface area (Å²) >= 11 is 0. The first-order chi connectivity index (χ1) is 12.1. The molecule has 4 heteroatoms. The molecule has 130 valence electrons. The van der Waals surface area contributed by atoms with Crippen molar-refractivity contribution in [3.63, 3.8) is 0 Å². The molecular formula is C21H24N2O2. The molecular weight excluding hydrogens is 312 g/mol. The molecule has 2 N–H and O–H groups in total. The van der Waals surface area contributed by atoms with Crippen molar-refractivity contribution in [2.75, 3.05) is 5.43 Å². The summed E-state index contributed by atoms with van der Waals surface area (Å²) in [4.78, 5) is 11.0. The van der Waals surface area contributed by atoms with Gasteiger partial charge in [0.25, 0.3) is 0 Å². The van der Waals surface area contributed by atoms with Crippen LogP contribution in [0.4, 0.5) is 5.69 Å². The van der Waals surface area contributed by atoms with Crippen molar-refractivity contribution < 1.29 is 9.90 Å². The van der Waals surface area contributed by atoms with Crippen LogP contribution in [-0.2, 0) is 0 Å². The summed E-state index contributed by atoms with van der Waals surface area (Å²) in [5.41, 5.74) is 7.22. The molecule has 0 unspecified atom stereocenters. The zero-order valence-electron chi connectivity index (χ0n) is 14.5. The number of benzene rings is 2. The van der Waals surface area contributed by atoms with Crippen LogP contribution in [0.1, 0.15) is 66.4 Å². The minimum Gasteiger partial charge on any atom is -0.478 e. The Balaban J connectivity index is 1.67. The van der Waals surface area contributed by atoms with Crippen molar-refractivity contribution in [1.29, 1.82) is 0 Å². The van der Waals surface area contributed by atoms with Gasteiger partial charge in [-0.05, 0) is 55.0 Å². The van der Waals surface area contributed by atoms with E-state index in [0.717, 1.165) is 11.3 Å². The Morgan fingerprint density at radius 1 is 1.04 bits per heavy atom. The van der Waals surface area contributed by atoms with Gasteiger partial charge in [0.2, 0.25) is 0 Å². The van der Waals surface area contributed by atoms with Gasteiger partial charge in [0.15, 0.2) is 0 Å². The zero-order valence-corrected chi connectivity index (χ0v) is 14.5. The van der Waals surface area contributed by atoms with Crippen LogP contribution in [0.2, 0.25) is 0 Å². The first kappa shape index (κ1) is 17.2. The second kappa shape index (κ2) is 7.97. The van der Waals surface area contributed by atoms with Crippen LogP contribution in [0.25, 0.3) is 0 Å². The summed E-state index contributed by atoms with van der Waals surface area (Å²) in [5.74, 6) is -0.236. The Labute approximate surface area is 148 Å². The zero-order chi connectivity index (χ0) is 17.6. The van der Waals surface area contributed by atoms with E-state index in [4.69, 9.17) is 5.11 Å². The fourth-order valence-electron chi connectivity index (χ4n) is 3.37. The van der Waals surface area contributed by atoms with Gasteiger partial charge in [-0.3, -0.25) is 5.43 Å². The fraction of sp³-hybridized carbons (Fsp3) is 0.333. The lowest BCUT2D eigenvalue weighted by molar-refractivity contribution is 0.0697. The predicted molar refractivity (Wildman–Crippen MR) is 102 cm³/mol. The molecule has 1 aliphatic carbocycles. The van der Waals surface area contributed by atoms with Gasteiger partial charge in [-0.1, -0.05) is 49.6 Å². The maximum atomic E-state index is 11.0. The molecule has 0 atom stereocenters. The summed E-state index contributed by atoms with van der Waals surface area (Å²) < 4.78 is 0. The van der Waals surface area contributed by atoms with Gasteiger partial charge in [0.05, 0.1) is 17.0 Å². The van der Waals surface area contributed by atoms with Gasteiger partial charge >= 0.3 is 5.97 Å². The van der Waals surface area contributed by atoms with E-state index in [2.05, 4.69) is 34.8 Å². The van der Waals surface area contributed by atoms with E-state index >= 15 is 0 Å². The van der Waals surface area contributed by atoms with Crippen molar-refractivity contribution in [3.05, 3.63) is 65.2 Å². The van der Waals surface area contributed by atoms with Gasteiger partial charge in [-0.25, -0.2) is 4.79 Å². The first-order valence-corrected chi connectivity index (χ1v) is 8.87. The average Bonchev–Trinajstić information content (AvgIpc) is 2.67. The molecule has 1 fully saturated rings. The van der Waals surface area contributed by atoms with Crippen LogP contribution in [0.5, 0.6) is 0 Å². The van der Waals surface area contributed by atoms with Crippen molar-refractivity contribution in [1.82, 2.24) is 0 Å². The smallest absolute Gasteiger partial charge is 0.335 e. The Morgan fingerprint density at radius 2 is 1.76 bits per heavy atom. The van der Waals surface area contributed by atoms with Gasteiger partial charge < -0.3 is 5.11 Å². The maximum Gasteiger partial charge on any atom is 0.335 e. The molecule has 0 amide bonds. The third kappa shape index (κ3) is 4.47. The maximum absolute atomic E-state index is 11.0. The van der Waals surface area contributed by atoms with Crippen LogP contribution >= 0.6 is 0 Å². The Kier molecular flexibility index (Phi) is 5.49. The summed E-state index contributed by atoms with van der Waals surface area (Å²) in [6, 6.07) is 15.3. The lowest BCUT2D eigenvalue weighted by Crippen LogP contribution is -2.05. The SMILES string of the molecule is C/C(=N/Nc1cccc(C(=O)O)c1)c1ccc(C2CCCCC2)cc1. The number of hydrazone groups is 1. The van der Waals surface area contributed by atoms with Crippen molar-refractivity contribution in [2.24, 2.45) is 5.10 Å². The summed E-state index contributed by atoms with van der Waals surface area (Å²) in [5, 5.41) is 13.4. The number of carbonyl (C=O) groups is 1. The van der Waals surface area contributed by atoms with Crippen LogP contribution in [0, 0.1) is 0 Å². The van der Waals surface area contributed by atoms with E-state index < -0.39 is 5.97 Å². The molecule has 0 aliphatic heterocycles. The van der Waals surface area contributed by atoms with Crippen LogP contribution in [0.3, 0.4) is 0 Å². The topological polar surface area (TPSA) is 61.7 Å². The molecule has 0 aromatic heterocycles. The second-order valence-corrected chi connectivity index (χ2v) is 6.65. The molecule has 0 bridgehead atoms. The third-order valence-corrected chi connectivity index (χ3v) is 4.87. The van der Waals surface area contributed by atoms with Gasteiger partial charge in [-0.2, -0.15) is 5.10 Å². The Bertz CT molecular complexity index is 760. The molecule has 2 aromatic rings. The lowest BCUT2D eigenvalue weighted by Gasteiger charge is -2.22. The quantitative estimate of drug-likeness (QED) is 0.577. The number of aromatic carboxylic acids is 1. The summed E-state index contributed by atoms with van der Waals surface area (Å²) in [6.07, 6.45) is 6.65. The number of hydrogen-bond donors (Lipinski definition) is 2. The summed E-state index contributed by atoms with van der Waals surface area (Å²) in [6.45, 7) is 1.95. The Morgan fingerprint density at radius 3 is 2.44 bits per heavy atom. The Hall–Kier alpha value is -2.62. The number of nitrogens with one attached hydrogen (secondary N) is 1. The molecule has 25 heavy (non-hydrogen) atoms. The van der Waals surface area contributed by atoms with Crippen LogP contribution in [-0.4, -0.2) is 16.8 Å². The molecule has 2 aromatic carbocycles. The van der Waals surface area contributed by atoms with Crippen LogP contribution < -0.4 is 5.43 Å². The standard InChI is InChI=1S/C21H24N2O2/c1-15(22-23-20-9-5-8-19(14-20)21(24)25)16-10-12-18(13-11-16)17-6-3-2-4-7-17/h5,8-14,17,23H,2-4,6-7H2,1H3,(H,24,25)/b22-15-. The molecule has 4 nitrogen and oxygen atoms in total. The van der Waals surface area contributed by atoms with E-state index in [0.29, 0.717) is 11.6 Å². The number of hydrogen-bond acceptors (Lipinski definition) is 3. The fourth-order valence-corrected chi connectivity index (χ4v) is 3.37. The second-order valence-electron chi connectivity index (χ2n) is 6.65.